The average Bonchev–Trinajstić information content (AvgIpc) is 3.02. The van der Waals surface area contributed by atoms with Crippen LogP contribution in [-0.2, 0) is 15.5 Å². The number of anilines is 2. The van der Waals surface area contributed by atoms with Crippen LogP contribution < -0.4 is 15.1 Å². The number of alkyl halides is 2. The standard InChI is InChI=1S/C19H19F2N5O3/c1-4-19(20,21)12-6-5-7-13(8-12)24-17(27)16-11(2)25-26(18(16)28)14-9-23-15(29-3)10-22-14/h5-10,16H,4H2,1-3H3,(H,24,27). The molecule has 8 nitrogen and oxygen atoms in total. The lowest BCUT2D eigenvalue weighted by molar-refractivity contribution is -0.127. The van der Waals surface area contributed by atoms with Crippen LogP contribution in [0.5, 0.6) is 5.88 Å². The number of aromatic nitrogens is 2. The molecule has 2 aromatic rings. The highest BCUT2D eigenvalue weighted by atomic mass is 19.3. The largest absolute Gasteiger partial charge is 0.480 e. The Bertz CT molecular complexity index is 963. The minimum atomic E-state index is -3.01. The van der Waals surface area contributed by atoms with Crippen molar-refractivity contribution in [1.82, 2.24) is 9.97 Å². The van der Waals surface area contributed by atoms with E-state index in [-0.39, 0.29) is 35.1 Å². The molecule has 0 saturated carbocycles. The summed E-state index contributed by atoms with van der Waals surface area (Å²) in [6, 6.07) is 5.38. The number of methoxy groups -OCH3 is 1. The summed E-state index contributed by atoms with van der Waals surface area (Å²) in [4.78, 5) is 33.4. The summed E-state index contributed by atoms with van der Waals surface area (Å²) in [5.74, 6) is -5.10. The van der Waals surface area contributed by atoms with Gasteiger partial charge in [0.1, 0.15) is 0 Å². The van der Waals surface area contributed by atoms with E-state index in [1.54, 1.807) is 0 Å². The minimum Gasteiger partial charge on any atom is -0.480 e. The van der Waals surface area contributed by atoms with Gasteiger partial charge in [0, 0.05) is 17.7 Å². The molecular formula is C19H19F2N5O3. The summed E-state index contributed by atoms with van der Waals surface area (Å²) in [5, 5.41) is 7.58. The third-order valence-corrected chi connectivity index (χ3v) is 4.43. The predicted octanol–water partition coefficient (Wildman–Crippen LogP) is 2.96. The summed E-state index contributed by atoms with van der Waals surface area (Å²) < 4.78 is 32.7. The molecule has 10 heteroatoms. The number of amides is 2. The number of ether oxygens (including phenoxy) is 1. The number of hydrogen-bond acceptors (Lipinski definition) is 6. The Morgan fingerprint density at radius 1 is 1.31 bits per heavy atom. The molecular weight excluding hydrogens is 384 g/mol. The fourth-order valence-corrected chi connectivity index (χ4v) is 2.80. The van der Waals surface area contributed by atoms with Gasteiger partial charge in [0.25, 0.3) is 11.8 Å². The van der Waals surface area contributed by atoms with Gasteiger partial charge in [-0.2, -0.15) is 10.1 Å². The van der Waals surface area contributed by atoms with E-state index in [9.17, 15) is 18.4 Å². The van der Waals surface area contributed by atoms with Crippen molar-refractivity contribution >= 4 is 29.0 Å². The highest BCUT2D eigenvalue weighted by molar-refractivity contribution is 6.28. The topological polar surface area (TPSA) is 96.8 Å². The molecule has 1 aliphatic heterocycles. The molecule has 0 saturated heterocycles. The van der Waals surface area contributed by atoms with Gasteiger partial charge >= 0.3 is 0 Å². The zero-order valence-electron chi connectivity index (χ0n) is 16.0. The Kier molecular flexibility index (Phi) is 5.53. The van der Waals surface area contributed by atoms with E-state index in [0.29, 0.717) is 0 Å². The molecule has 0 bridgehead atoms. The molecule has 1 aromatic heterocycles. The van der Waals surface area contributed by atoms with Gasteiger partial charge in [-0.3, -0.25) is 9.59 Å². The molecule has 0 aliphatic carbocycles. The van der Waals surface area contributed by atoms with Crippen molar-refractivity contribution in [1.29, 1.82) is 0 Å². The zero-order chi connectivity index (χ0) is 21.2. The number of hydrazone groups is 1. The van der Waals surface area contributed by atoms with Gasteiger partial charge in [-0.1, -0.05) is 19.1 Å². The lowest BCUT2D eigenvalue weighted by Gasteiger charge is -2.16. The fourth-order valence-electron chi connectivity index (χ4n) is 2.80. The third-order valence-electron chi connectivity index (χ3n) is 4.43. The number of nitrogens with one attached hydrogen (secondary N) is 1. The second kappa shape index (κ2) is 7.90. The molecule has 3 rings (SSSR count). The van der Waals surface area contributed by atoms with Gasteiger partial charge < -0.3 is 10.1 Å². The smallest absolute Gasteiger partial charge is 0.273 e. The molecule has 0 spiro atoms. The first kappa shape index (κ1) is 20.3. The van der Waals surface area contributed by atoms with E-state index in [4.69, 9.17) is 4.74 Å². The SMILES string of the molecule is CCC(F)(F)c1cccc(NC(=O)C2C(=O)N(c3cnc(OC)cn3)N=C2C)c1. The molecule has 2 heterocycles. The van der Waals surface area contributed by atoms with Gasteiger partial charge in [-0.25, -0.2) is 18.7 Å². The molecule has 152 valence electrons. The van der Waals surface area contributed by atoms with Gasteiger partial charge in [-0.15, -0.1) is 0 Å². The Morgan fingerprint density at radius 2 is 2.07 bits per heavy atom. The van der Waals surface area contributed by atoms with Crippen molar-refractivity contribution < 1.29 is 23.1 Å². The normalized spacial score (nSPS) is 16.6. The van der Waals surface area contributed by atoms with E-state index in [1.165, 1.54) is 57.6 Å². The van der Waals surface area contributed by atoms with Crippen LogP contribution in [0.2, 0.25) is 0 Å². The fraction of sp³-hybridized carbons (Fsp3) is 0.316. The lowest BCUT2D eigenvalue weighted by Crippen LogP contribution is -2.36. The molecule has 2 amide bonds. The maximum atomic E-state index is 13.9. The molecule has 1 N–H and O–H groups in total. The molecule has 0 radical (unpaired) electrons. The van der Waals surface area contributed by atoms with Crippen molar-refractivity contribution in [2.45, 2.75) is 26.2 Å². The summed E-state index contributed by atoms with van der Waals surface area (Å²) in [5.41, 5.74) is 0.208. The number of benzene rings is 1. The number of carbonyl (C=O) groups excluding carboxylic acids is 2. The summed E-state index contributed by atoms with van der Waals surface area (Å²) in [7, 11) is 1.43. The number of rotatable bonds is 6. The number of halogens is 2. The maximum Gasteiger partial charge on any atom is 0.273 e. The molecule has 1 aromatic carbocycles. The molecule has 1 atom stereocenters. The number of carbonyl (C=O) groups is 2. The monoisotopic (exact) mass is 403 g/mol. The van der Waals surface area contributed by atoms with Crippen molar-refractivity contribution in [3.05, 3.63) is 42.2 Å². The van der Waals surface area contributed by atoms with Crippen molar-refractivity contribution in [3.63, 3.8) is 0 Å². The second-order valence-corrected chi connectivity index (χ2v) is 6.37. The van der Waals surface area contributed by atoms with E-state index in [0.717, 1.165) is 5.01 Å². The Morgan fingerprint density at radius 3 is 2.69 bits per heavy atom. The first-order valence-corrected chi connectivity index (χ1v) is 8.81. The highest BCUT2D eigenvalue weighted by Crippen LogP contribution is 2.32. The first-order valence-electron chi connectivity index (χ1n) is 8.81. The average molecular weight is 403 g/mol. The molecule has 1 aliphatic rings. The second-order valence-electron chi connectivity index (χ2n) is 6.37. The van der Waals surface area contributed by atoms with Crippen LogP contribution in [0.3, 0.4) is 0 Å². The zero-order valence-corrected chi connectivity index (χ0v) is 16.0. The van der Waals surface area contributed by atoms with Crippen molar-refractivity contribution in [3.8, 4) is 5.88 Å². The summed E-state index contributed by atoms with van der Waals surface area (Å²) in [6.07, 6.45) is 2.25. The van der Waals surface area contributed by atoms with E-state index in [2.05, 4.69) is 20.4 Å². The van der Waals surface area contributed by atoms with E-state index < -0.39 is 23.7 Å². The van der Waals surface area contributed by atoms with Crippen LogP contribution in [0.1, 0.15) is 25.8 Å². The van der Waals surface area contributed by atoms with Crippen molar-refractivity contribution in [2.75, 3.05) is 17.4 Å². The Labute approximate surface area is 165 Å². The minimum absolute atomic E-state index is 0.134. The summed E-state index contributed by atoms with van der Waals surface area (Å²) >= 11 is 0. The molecule has 1 unspecified atom stereocenters. The van der Waals surface area contributed by atoms with Crippen LogP contribution in [0.15, 0.2) is 41.8 Å². The van der Waals surface area contributed by atoms with Crippen LogP contribution >= 0.6 is 0 Å². The Hall–Kier alpha value is -3.43. The quantitative estimate of drug-likeness (QED) is 0.748. The van der Waals surface area contributed by atoms with Crippen molar-refractivity contribution in [2.24, 2.45) is 11.0 Å². The highest BCUT2D eigenvalue weighted by Gasteiger charge is 2.40. The Balaban J connectivity index is 1.77. The molecule has 29 heavy (non-hydrogen) atoms. The van der Waals surface area contributed by atoms with E-state index >= 15 is 0 Å². The number of nitrogens with zero attached hydrogens (tertiary/aromatic N) is 4. The van der Waals surface area contributed by atoms with Gasteiger partial charge in [0.2, 0.25) is 11.8 Å². The van der Waals surface area contributed by atoms with Crippen LogP contribution in [-0.4, -0.2) is 34.6 Å². The number of hydrogen-bond donors (Lipinski definition) is 1. The van der Waals surface area contributed by atoms with Crippen LogP contribution in [0, 0.1) is 5.92 Å². The van der Waals surface area contributed by atoms with Crippen LogP contribution in [0.25, 0.3) is 0 Å². The van der Waals surface area contributed by atoms with E-state index in [1.807, 2.05) is 0 Å². The van der Waals surface area contributed by atoms with Gasteiger partial charge in [0.15, 0.2) is 11.7 Å². The molecule has 0 fully saturated rings. The lowest BCUT2D eigenvalue weighted by atomic mass is 10.0. The maximum absolute atomic E-state index is 13.9. The third kappa shape index (κ3) is 4.05. The summed E-state index contributed by atoms with van der Waals surface area (Å²) in [6.45, 7) is 2.90. The van der Waals surface area contributed by atoms with Gasteiger partial charge in [-0.05, 0) is 19.1 Å². The predicted molar refractivity (Wildman–Crippen MR) is 102 cm³/mol. The first-order chi connectivity index (χ1) is 13.8. The van der Waals surface area contributed by atoms with Gasteiger partial charge in [0.05, 0.1) is 25.2 Å². The van der Waals surface area contributed by atoms with Crippen LogP contribution in [0.4, 0.5) is 20.3 Å².